The first kappa shape index (κ1) is 13.7. The fourth-order valence-corrected chi connectivity index (χ4v) is 2.05. The second-order valence-corrected chi connectivity index (χ2v) is 4.98. The molecule has 102 valence electrons. The Labute approximate surface area is 112 Å². The monoisotopic (exact) mass is 262 g/mol. The zero-order chi connectivity index (χ0) is 14.0. The van der Waals surface area contributed by atoms with Gasteiger partial charge in [0.15, 0.2) is 0 Å². The van der Waals surface area contributed by atoms with E-state index >= 15 is 0 Å². The van der Waals surface area contributed by atoms with Crippen LogP contribution in [0.1, 0.15) is 34.6 Å². The molecular formula is C14H18N2O3. The number of carbonyl (C=O) groups excluding carboxylic acids is 2. The molecule has 0 saturated heterocycles. The maximum atomic E-state index is 12.1. The number of amides is 2. The Hall–Kier alpha value is -1.72. The van der Waals surface area contributed by atoms with Crippen LogP contribution in [-0.2, 0) is 0 Å². The van der Waals surface area contributed by atoms with Gasteiger partial charge in [-0.25, -0.2) is 0 Å². The lowest BCUT2D eigenvalue weighted by molar-refractivity contribution is 0.0542. The number of hydrogen-bond acceptors (Lipinski definition) is 4. The molecule has 0 bridgehead atoms. The molecule has 5 heteroatoms. The number of β-amino-alcohol motifs (C(OH)–C–C–N with tert-alkyl or cyclic N) is 1. The molecule has 0 unspecified atom stereocenters. The van der Waals surface area contributed by atoms with E-state index in [0.717, 1.165) is 4.90 Å². The standard InChI is InChI=1S/C14H18N2O3/c1-9(2)15-7-10(17)8-16-13(18)11-5-3-4-6-12(11)14(16)19/h3-6,9-10,15,17H,7-8H2,1-2H3/t10-/m0/s1. The maximum Gasteiger partial charge on any atom is 0.261 e. The molecule has 1 aromatic rings. The highest BCUT2D eigenvalue weighted by molar-refractivity contribution is 6.21. The molecule has 2 N–H and O–H groups in total. The Morgan fingerprint density at radius 1 is 1.16 bits per heavy atom. The van der Waals surface area contributed by atoms with E-state index in [2.05, 4.69) is 5.32 Å². The van der Waals surface area contributed by atoms with E-state index in [1.54, 1.807) is 24.3 Å². The van der Waals surface area contributed by atoms with Crippen LogP contribution in [0, 0.1) is 0 Å². The van der Waals surface area contributed by atoms with Crippen LogP contribution in [0.15, 0.2) is 24.3 Å². The Morgan fingerprint density at radius 2 is 1.68 bits per heavy atom. The zero-order valence-corrected chi connectivity index (χ0v) is 11.1. The molecule has 1 aromatic carbocycles. The Kier molecular flexibility index (Phi) is 3.97. The van der Waals surface area contributed by atoms with Gasteiger partial charge in [-0.3, -0.25) is 14.5 Å². The van der Waals surface area contributed by atoms with Crippen LogP contribution in [0.5, 0.6) is 0 Å². The van der Waals surface area contributed by atoms with Gasteiger partial charge in [0, 0.05) is 12.6 Å². The van der Waals surface area contributed by atoms with Crippen molar-refractivity contribution in [3.05, 3.63) is 35.4 Å². The summed E-state index contributed by atoms with van der Waals surface area (Å²) in [5.74, 6) is -0.659. The van der Waals surface area contributed by atoms with Crippen molar-refractivity contribution in [2.45, 2.75) is 26.0 Å². The van der Waals surface area contributed by atoms with Gasteiger partial charge in [0.2, 0.25) is 0 Å². The number of aliphatic hydroxyl groups is 1. The smallest absolute Gasteiger partial charge is 0.261 e. The van der Waals surface area contributed by atoms with E-state index in [0.29, 0.717) is 17.7 Å². The maximum absolute atomic E-state index is 12.1. The van der Waals surface area contributed by atoms with Crippen LogP contribution < -0.4 is 5.32 Å². The van der Waals surface area contributed by atoms with E-state index in [-0.39, 0.29) is 24.4 Å². The van der Waals surface area contributed by atoms with Crippen LogP contribution in [0.4, 0.5) is 0 Å². The summed E-state index contributed by atoms with van der Waals surface area (Å²) >= 11 is 0. The highest BCUT2D eigenvalue weighted by atomic mass is 16.3. The Balaban J connectivity index is 2.04. The molecule has 1 atom stereocenters. The summed E-state index contributed by atoms with van der Waals surface area (Å²) in [6.07, 6.45) is -0.760. The number of fused-ring (bicyclic) bond motifs is 1. The fourth-order valence-electron chi connectivity index (χ4n) is 2.05. The number of benzene rings is 1. The molecule has 0 spiro atoms. The second-order valence-electron chi connectivity index (χ2n) is 4.98. The largest absolute Gasteiger partial charge is 0.390 e. The number of hydrogen-bond donors (Lipinski definition) is 2. The van der Waals surface area contributed by atoms with Gasteiger partial charge < -0.3 is 10.4 Å². The SMILES string of the molecule is CC(C)NC[C@H](O)CN1C(=O)c2ccccc2C1=O. The molecule has 0 radical (unpaired) electrons. The van der Waals surface area contributed by atoms with Crippen molar-refractivity contribution in [2.24, 2.45) is 0 Å². The van der Waals surface area contributed by atoms with Gasteiger partial charge in [-0.2, -0.15) is 0 Å². The number of imide groups is 1. The summed E-state index contributed by atoms with van der Waals surface area (Å²) in [5, 5.41) is 12.9. The van der Waals surface area contributed by atoms with Gasteiger partial charge in [0.1, 0.15) is 0 Å². The summed E-state index contributed by atoms with van der Waals surface area (Å²) in [6, 6.07) is 6.97. The third kappa shape index (κ3) is 2.83. The van der Waals surface area contributed by atoms with E-state index in [1.807, 2.05) is 13.8 Å². The molecule has 19 heavy (non-hydrogen) atoms. The van der Waals surface area contributed by atoms with Crippen molar-refractivity contribution in [1.82, 2.24) is 10.2 Å². The van der Waals surface area contributed by atoms with Crippen molar-refractivity contribution in [3.8, 4) is 0 Å². The summed E-state index contributed by atoms with van der Waals surface area (Å²) in [6.45, 7) is 4.31. The van der Waals surface area contributed by atoms with Gasteiger partial charge in [-0.05, 0) is 12.1 Å². The normalized spacial score (nSPS) is 16.1. The lowest BCUT2D eigenvalue weighted by Gasteiger charge is -2.19. The van der Waals surface area contributed by atoms with Gasteiger partial charge >= 0.3 is 0 Å². The Bertz CT molecular complexity index is 464. The van der Waals surface area contributed by atoms with Crippen LogP contribution in [0.25, 0.3) is 0 Å². The van der Waals surface area contributed by atoms with Gasteiger partial charge in [0.05, 0.1) is 23.8 Å². The predicted octanol–water partition coefficient (Wildman–Crippen LogP) is 0.641. The average Bonchev–Trinajstić information content (AvgIpc) is 2.62. The van der Waals surface area contributed by atoms with Crippen molar-refractivity contribution in [3.63, 3.8) is 0 Å². The zero-order valence-electron chi connectivity index (χ0n) is 11.1. The molecule has 0 saturated carbocycles. The average molecular weight is 262 g/mol. The number of nitrogens with one attached hydrogen (secondary N) is 1. The molecule has 1 heterocycles. The predicted molar refractivity (Wildman–Crippen MR) is 71.0 cm³/mol. The molecule has 2 amide bonds. The summed E-state index contributed by atoms with van der Waals surface area (Å²) in [5.41, 5.74) is 0.827. The van der Waals surface area contributed by atoms with Gasteiger partial charge in [-0.15, -0.1) is 0 Å². The van der Waals surface area contributed by atoms with Gasteiger partial charge in [-0.1, -0.05) is 26.0 Å². The number of aliphatic hydroxyl groups excluding tert-OH is 1. The Morgan fingerprint density at radius 3 is 2.16 bits per heavy atom. The van der Waals surface area contributed by atoms with Crippen LogP contribution in [-0.4, -0.2) is 47.1 Å². The van der Waals surface area contributed by atoms with Crippen LogP contribution >= 0.6 is 0 Å². The summed E-state index contributed by atoms with van der Waals surface area (Å²) < 4.78 is 0. The second kappa shape index (κ2) is 5.50. The molecule has 0 fully saturated rings. The molecule has 0 aliphatic carbocycles. The minimum absolute atomic E-state index is 0.0199. The van der Waals surface area contributed by atoms with Crippen LogP contribution in [0.3, 0.4) is 0 Å². The third-order valence-electron chi connectivity index (χ3n) is 3.03. The number of nitrogens with zero attached hydrogens (tertiary/aromatic N) is 1. The molecular weight excluding hydrogens is 244 g/mol. The molecule has 1 aliphatic rings. The quantitative estimate of drug-likeness (QED) is 0.764. The molecule has 0 aromatic heterocycles. The van der Waals surface area contributed by atoms with E-state index < -0.39 is 6.10 Å². The van der Waals surface area contributed by atoms with Crippen molar-refractivity contribution < 1.29 is 14.7 Å². The first-order chi connectivity index (χ1) is 9.00. The van der Waals surface area contributed by atoms with Crippen molar-refractivity contribution in [2.75, 3.05) is 13.1 Å². The van der Waals surface area contributed by atoms with Crippen molar-refractivity contribution >= 4 is 11.8 Å². The summed E-state index contributed by atoms with van der Waals surface area (Å²) in [4.78, 5) is 25.2. The first-order valence-electron chi connectivity index (χ1n) is 6.37. The number of rotatable bonds is 5. The lowest BCUT2D eigenvalue weighted by Crippen LogP contribution is -2.42. The number of carbonyl (C=O) groups is 2. The molecule has 2 rings (SSSR count). The molecule has 5 nitrogen and oxygen atoms in total. The van der Waals surface area contributed by atoms with E-state index in [4.69, 9.17) is 0 Å². The third-order valence-corrected chi connectivity index (χ3v) is 3.03. The summed E-state index contributed by atoms with van der Waals surface area (Å²) in [7, 11) is 0. The lowest BCUT2D eigenvalue weighted by atomic mass is 10.1. The van der Waals surface area contributed by atoms with E-state index in [1.165, 1.54) is 0 Å². The first-order valence-corrected chi connectivity index (χ1v) is 6.37. The minimum Gasteiger partial charge on any atom is -0.390 e. The minimum atomic E-state index is -0.760. The molecule has 1 aliphatic heterocycles. The topological polar surface area (TPSA) is 69.6 Å². The van der Waals surface area contributed by atoms with E-state index in [9.17, 15) is 14.7 Å². The fraction of sp³-hybridized carbons (Fsp3) is 0.429. The highest BCUT2D eigenvalue weighted by Crippen LogP contribution is 2.22. The van der Waals surface area contributed by atoms with Crippen LogP contribution in [0.2, 0.25) is 0 Å². The van der Waals surface area contributed by atoms with Gasteiger partial charge in [0.25, 0.3) is 11.8 Å². The van der Waals surface area contributed by atoms with Crippen molar-refractivity contribution in [1.29, 1.82) is 0 Å². The highest BCUT2D eigenvalue weighted by Gasteiger charge is 2.35.